The largest absolute Gasteiger partial charge is 0.323 e. The van der Waals surface area contributed by atoms with Gasteiger partial charge in [-0.1, -0.05) is 18.9 Å². The van der Waals surface area contributed by atoms with E-state index in [1.54, 1.807) is 35.7 Å². The Bertz CT molecular complexity index is 1240. The minimum Gasteiger partial charge on any atom is -0.323 e. The summed E-state index contributed by atoms with van der Waals surface area (Å²) in [6, 6.07) is 6.14. The summed E-state index contributed by atoms with van der Waals surface area (Å²) in [5.74, 6) is 1.51. The normalized spacial score (nSPS) is 15.5. The van der Waals surface area contributed by atoms with Gasteiger partial charge in [-0.3, -0.25) is 4.68 Å². The summed E-state index contributed by atoms with van der Waals surface area (Å²) in [4.78, 5) is 9.40. The Balaban J connectivity index is 1.49. The SMILES string of the molecule is CCSN1CC(CC#N)(n2cc(-c3nc(Nc4ccnnc4)nc4ccsc34)cn2)C1. The summed E-state index contributed by atoms with van der Waals surface area (Å²) in [7, 11) is 0. The third-order valence-corrected chi connectivity index (χ3v) is 6.94. The third kappa shape index (κ3) is 3.74. The van der Waals surface area contributed by atoms with Crippen molar-refractivity contribution in [3.05, 3.63) is 42.3 Å². The van der Waals surface area contributed by atoms with Gasteiger partial charge < -0.3 is 5.32 Å². The maximum atomic E-state index is 9.41. The standard InChI is InChI=1S/C20H19N9S2/c1-2-31-28-12-20(13-28,5-6-21)29-11-14(9-24-29)17-18-16(4-8-30-18)26-19(27-17)25-15-3-7-22-23-10-15/h3-4,7-11H,2,5,12-13H2,1H3,(H,22,25,26,27). The number of aromatic nitrogens is 6. The van der Waals surface area contributed by atoms with Crippen LogP contribution in [-0.4, -0.2) is 53.1 Å². The molecule has 11 heteroatoms. The van der Waals surface area contributed by atoms with Crippen LogP contribution in [0.1, 0.15) is 13.3 Å². The Morgan fingerprint density at radius 2 is 2.16 bits per heavy atom. The van der Waals surface area contributed by atoms with E-state index in [-0.39, 0.29) is 5.54 Å². The molecular weight excluding hydrogens is 430 g/mol. The third-order valence-electron chi connectivity index (χ3n) is 5.15. The van der Waals surface area contributed by atoms with Gasteiger partial charge in [0, 0.05) is 30.6 Å². The van der Waals surface area contributed by atoms with E-state index >= 15 is 0 Å². The van der Waals surface area contributed by atoms with Gasteiger partial charge in [0.25, 0.3) is 0 Å². The van der Waals surface area contributed by atoms with Gasteiger partial charge in [0.2, 0.25) is 5.95 Å². The second kappa shape index (κ2) is 8.22. The number of nitrogens with zero attached hydrogens (tertiary/aromatic N) is 8. The van der Waals surface area contributed by atoms with Crippen LogP contribution in [0.3, 0.4) is 0 Å². The van der Waals surface area contributed by atoms with Gasteiger partial charge in [-0.2, -0.15) is 20.6 Å². The summed E-state index contributed by atoms with van der Waals surface area (Å²) in [6.45, 7) is 3.75. The van der Waals surface area contributed by atoms with Crippen molar-refractivity contribution in [2.24, 2.45) is 0 Å². The number of anilines is 2. The highest BCUT2D eigenvalue weighted by Crippen LogP contribution is 2.38. The first-order valence-electron chi connectivity index (χ1n) is 9.80. The fourth-order valence-electron chi connectivity index (χ4n) is 3.68. The summed E-state index contributed by atoms with van der Waals surface area (Å²) in [5.41, 5.74) is 3.07. The maximum absolute atomic E-state index is 9.41. The molecule has 1 fully saturated rings. The number of hydrogen-bond acceptors (Lipinski definition) is 10. The van der Waals surface area contributed by atoms with E-state index in [1.807, 2.05) is 34.6 Å². The lowest BCUT2D eigenvalue weighted by molar-refractivity contribution is 0.0812. The first-order chi connectivity index (χ1) is 15.2. The van der Waals surface area contributed by atoms with Crippen molar-refractivity contribution in [2.75, 3.05) is 24.2 Å². The lowest BCUT2D eigenvalue weighted by Gasteiger charge is -2.48. The first kappa shape index (κ1) is 19.9. The maximum Gasteiger partial charge on any atom is 0.228 e. The predicted octanol–water partition coefficient (Wildman–Crippen LogP) is 3.68. The molecule has 0 saturated carbocycles. The van der Waals surface area contributed by atoms with Gasteiger partial charge in [0.1, 0.15) is 5.54 Å². The van der Waals surface area contributed by atoms with Gasteiger partial charge in [-0.15, -0.1) is 11.3 Å². The van der Waals surface area contributed by atoms with Gasteiger partial charge >= 0.3 is 0 Å². The van der Waals surface area contributed by atoms with Crippen molar-refractivity contribution >= 4 is 45.1 Å². The molecule has 1 N–H and O–H groups in total. The molecule has 5 heterocycles. The summed E-state index contributed by atoms with van der Waals surface area (Å²) in [6.07, 6.45) is 7.50. The van der Waals surface area contributed by atoms with Crippen LogP contribution < -0.4 is 5.32 Å². The van der Waals surface area contributed by atoms with Gasteiger partial charge in [-0.25, -0.2) is 14.3 Å². The highest BCUT2D eigenvalue weighted by atomic mass is 32.2. The fourth-order valence-corrected chi connectivity index (χ4v) is 5.55. The molecule has 1 saturated heterocycles. The monoisotopic (exact) mass is 449 g/mol. The van der Waals surface area contributed by atoms with Crippen molar-refractivity contribution in [1.82, 2.24) is 34.3 Å². The van der Waals surface area contributed by atoms with Crippen LogP contribution in [0.4, 0.5) is 11.6 Å². The Hall–Kier alpha value is -3.07. The molecule has 0 unspecified atom stereocenters. The summed E-state index contributed by atoms with van der Waals surface area (Å²) < 4.78 is 5.23. The molecule has 4 aromatic heterocycles. The van der Waals surface area contributed by atoms with E-state index in [4.69, 9.17) is 4.98 Å². The Morgan fingerprint density at radius 1 is 1.26 bits per heavy atom. The molecule has 1 aliphatic heterocycles. The molecule has 0 radical (unpaired) electrons. The predicted molar refractivity (Wildman–Crippen MR) is 122 cm³/mol. The lowest BCUT2D eigenvalue weighted by Crippen LogP contribution is -2.60. The highest BCUT2D eigenvalue weighted by molar-refractivity contribution is 7.97. The molecular formula is C20H19N9S2. The molecule has 0 aromatic carbocycles. The van der Waals surface area contributed by atoms with E-state index < -0.39 is 0 Å². The Labute approximate surface area is 187 Å². The zero-order valence-corrected chi connectivity index (χ0v) is 18.4. The molecule has 0 bridgehead atoms. The number of rotatable bonds is 7. The lowest BCUT2D eigenvalue weighted by atomic mass is 9.89. The van der Waals surface area contributed by atoms with Gasteiger partial charge in [0.15, 0.2) is 0 Å². The molecule has 9 nitrogen and oxygen atoms in total. The molecule has 31 heavy (non-hydrogen) atoms. The molecule has 1 aliphatic rings. The second-order valence-corrected chi connectivity index (χ2v) is 9.50. The molecule has 0 aliphatic carbocycles. The molecule has 5 rings (SSSR count). The minimum absolute atomic E-state index is 0.291. The van der Waals surface area contributed by atoms with Gasteiger partial charge in [0.05, 0.1) is 52.7 Å². The zero-order chi connectivity index (χ0) is 21.3. The number of thiophene rings is 1. The average molecular weight is 450 g/mol. The van der Waals surface area contributed by atoms with Crippen molar-refractivity contribution in [3.8, 4) is 17.3 Å². The minimum atomic E-state index is -0.291. The Morgan fingerprint density at radius 3 is 2.94 bits per heavy atom. The van der Waals surface area contributed by atoms with Crippen LogP contribution in [0.25, 0.3) is 21.5 Å². The van der Waals surface area contributed by atoms with E-state index in [0.717, 1.165) is 46.0 Å². The average Bonchev–Trinajstić information content (AvgIpc) is 3.42. The number of nitrogens with one attached hydrogen (secondary N) is 1. The molecule has 0 amide bonds. The van der Waals surface area contributed by atoms with Crippen molar-refractivity contribution in [3.63, 3.8) is 0 Å². The van der Waals surface area contributed by atoms with Crippen LogP contribution in [0.5, 0.6) is 0 Å². The van der Waals surface area contributed by atoms with Crippen molar-refractivity contribution in [2.45, 2.75) is 18.9 Å². The van der Waals surface area contributed by atoms with E-state index in [0.29, 0.717) is 12.4 Å². The molecule has 4 aromatic rings. The smallest absolute Gasteiger partial charge is 0.228 e. The Kier molecular flexibility index (Phi) is 5.27. The van der Waals surface area contributed by atoms with Crippen molar-refractivity contribution < 1.29 is 0 Å². The first-order valence-corrected chi connectivity index (χ1v) is 11.6. The second-order valence-electron chi connectivity index (χ2n) is 7.24. The topological polar surface area (TPSA) is 108 Å². The molecule has 0 spiro atoms. The van der Waals surface area contributed by atoms with E-state index in [1.165, 1.54) is 0 Å². The number of hydrogen-bond donors (Lipinski definition) is 1. The molecule has 0 atom stereocenters. The van der Waals surface area contributed by atoms with Crippen LogP contribution in [0.2, 0.25) is 0 Å². The van der Waals surface area contributed by atoms with Gasteiger partial charge in [-0.05, 0) is 17.5 Å². The highest BCUT2D eigenvalue weighted by Gasteiger charge is 2.45. The number of fused-ring (bicyclic) bond motifs is 1. The van der Waals surface area contributed by atoms with Crippen LogP contribution >= 0.6 is 23.3 Å². The summed E-state index contributed by atoms with van der Waals surface area (Å²) >= 11 is 3.40. The van der Waals surface area contributed by atoms with E-state index in [9.17, 15) is 5.26 Å². The fraction of sp³-hybridized carbons (Fsp3) is 0.300. The quantitative estimate of drug-likeness (QED) is 0.423. The van der Waals surface area contributed by atoms with Crippen LogP contribution in [0.15, 0.2) is 42.3 Å². The number of nitriles is 1. The van der Waals surface area contributed by atoms with Crippen LogP contribution in [0, 0.1) is 11.3 Å². The van der Waals surface area contributed by atoms with Crippen molar-refractivity contribution in [1.29, 1.82) is 5.26 Å². The summed E-state index contributed by atoms with van der Waals surface area (Å²) in [5, 5.41) is 26.9. The van der Waals surface area contributed by atoms with E-state index in [2.05, 4.69) is 42.9 Å². The zero-order valence-electron chi connectivity index (χ0n) is 16.8. The molecule has 156 valence electrons. The van der Waals surface area contributed by atoms with Crippen LogP contribution in [-0.2, 0) is 5.54 Å².